The molecule has 1 aromatic rings. The van der Waals surface area contributed by atoms with Crippen LogP contribution < -0.4 is 10.2 Å². The monoisotopic (exact) mass is 247 g/mol. The van der Waals surface area contributed by atoms with Crippen molar-refractivity contribution in [3.8, 4) is 0 Å². The van der Waals surface area contributed by atoms with E-state index < -0.39 is 0 Å². The van der Waals surface area contributed by atoms with Gasteiger partial charge < -0.3 is 10.2 Å². The van der Waals surface area contributed by atoms with Crippen LogP contribution in [-0.4, -0.2) is 24.6 Å². The van der Waals surface area contributed by atoms with Gasteiger partial charge in [0.2, 0.25) is 0 Å². The van der Waals surface area contributed by atoms with Crippen molar-refractivity contribution in [2.45, 2.75) is 51.6 Å². The molecule has 1 saturated heterocycles. The molecule has 2 heterocycles. The van der Waals surface area contributed by atoms with Gasteiger partial charge in [-0.2, -0.15) is 0 Å². The lowest BCUT2D eigenvalue weighted by molar-refractivity contribution is 0.433. The molecule has 18 heavy (non-hydrogen) atoms. The summed E-state index contributed by atoms with van der Waals surface area (Å²) in [6.07, 6.45) is 10.6. The quantitative estimate of drug-likeness (QED) is 0.867. The molecule has 0 radical (unpaired) electrons. The second kappa shape index (κ2) is 6.74. The maximum absolute atomic E-state index is 4.26. The Morgan fingerprint density at radius 1 is 1.44 bits per heavy atom. The highest BCUT2D eigenvalue weighted by Crippen LogP contribution is 2.29. The summed E-state index contributed by atoms with van der Waals surface area (Å²) in [6, 6.07) is 2.91. The van der Waals surface area contributed by atoms with E-state index in [9.17, 15) is 0 Å². The van der Waals surface area contributed by atoms with Crippen LogP contribution in [0.2, 0.25) is 0 Å². The fourth-order valence-corrected chi connectivity index (χ4v) is 2.98. The van der Waals surface area contributed by atoms with Crippen LogP contribution in [0.5, 0.6) is 0 Å². The van der Waals surface area contributed by atoms with Crippen molar-refractivity contribution >= 4 is 5.69 Å². The molecule has 0 aromatic carbocycles. The number of nitrogens with zero attached hydrogens (tertiary/aromatic N) is 2. The van der Waals surface area contributed by atoms with Crippen LogP contribution in [0.3, 0.4) is 0 Å². The summed E-state index contributed by atoms with van der Waals surface area (Å²) >= 11 is 0. The van der Waals surface area contributed by atoms with E-state index in [2.05, 4.69) is 28.2 Å². The van der Waals surface area contributed by atoms with Crippen LogP contribution in [0.15, 0.2) is 18.5 Å². The Morgan fingerprint density at radius 3 is 3.11 bits per heavy atom. The zero-order chi connectivity index (χ0) is 12.8. The molecule has 3 nitrogen and oxygen atoms in total. The first kappa shape index (κ1) is 13.3. The van der Waals surface area contributed by atoms with Gasteiger partial charge in [0.15, 0.2) is 0 Å². The number of piperidine rings is 1. The van der Waals surface area contributed by atoms with Gasteiger partial charge in [0.1, 0.15) is 0 Å². The number of hydrogen-bond donors (Lipinski definition) is 1. The topological polar surface area (TPSA) is 28.2 Å². The fourth-order valence-electron chi connectivity index (χ4n) is 2.98. The van der Waals surface area contributed by atoms with Crippen LogP contribution in [-0.2, 0) is 6.54 Å². The molecule has 1 fully saturated rings. The summed E-state index contributed by atoms with van der Waals surface area (Å²) in [5.41, 5.74) is 2.71. The maximum atomic E-state index is 4.26. The molecule has 1 aromatic heterocycles. The van der Waals surface area contributed by atoms with E-state index in [-0.39, 0.29) is 0 Å². The first-order valence-electron chi connectivity index (χ1n) is 7.21. The Balaban J connectivity index is 2.21. The van der Waals surface area contributed by atoms with E-state index in [1.807, 2.05) is 19.4 Å². The number of aromatic nitrogens is 1. The van der Waals surface area contributed by atoms with Gasteiger partial charge in [-0.25, -0.2) is 0 Å². The zero-order valence-electron chi connectivity index (χ0n) is 11.7. The minimum atomic E-state index is 0.724. The van der Waals surface area contributed by atoms with Crippen LogP contribution in [0, 0.1) is 0 Å². The van der Waals surface area contributed by atoms with Crippen molar-refractivity contribution < 1.29 is 0 Å². The lowest BCUT2D eigenvalue weighted by Crippen LogP contribution is -2.40. The summed E-state index contributed by atoms with van der Waals surface area (Å²) < 4.78 is 0. The molecule has 3 heteroatoms. The van der Waals surface area contributed by atoms with Gasteiger partial charge in [0.05, 0.1) is 0 Å². The van der Waals surface area contributed by atoms with E-state index in [1.54, 1.807) is 0 Å². The van der Waals surface area contributed by atoms with E-state index in [0.29, 0.717) is 0 Å². The summed E-state index contributed by atoms with van der Waals surface area (Å²) in [7, 11) is 2.00. The van der Waals surface area contributed by atoms with Crippen molar-refractivity contribution in [1.82, 2.24) is 10.3 Å². The van der Waals surface area contributed by atoms with Gasteiger partial charge in [-0.15, -0.1) is 0 Å². The average Bonchev–Trinajstić information content (AvgIpc) is 2.41. The zero-order valence-corrected chi connectivity index (χ0v) is 11.7. The van der Waals surface area contributed by atoms with E-state index >= 15 is 0 Å². The largest absolute Gasteiger partial charge is 0.368 e. The van der Waals surface area contributed by atoms with Gasteiger partial charge in [-0.1, -0.05) is 13.3 Å². The van der Waals surface area contributed by atoms with Crippen molar-refractivity contribution in [2.24, 2.45) is 0 Å². The minimum absolute atomic E-state index is 0.724. The molecule has 0 spiro atoms. The summed E-state index contributed by atoms with van der Waals surface area (Å²) in [5.74, 6) is 0. The van der Waals surface area contributed by atoms with Gasteiger partial charge in [0.25, 0.3) is 0 Å². The lowest BCUT2D eigenvalue weighted by atomic mass is 9.97. The van der Waals surface area contributed by atoms with Crippen molar-refractivity contribution in [1.29, 1.82) is 0 Å². The second-order valence-electron chi connectivity index (χ2n) is 5.17. The van der Waals surface area contributed by atoms with Crippen LogP contribution in [0.4, 0.5) is 5.69 Å². The first-order valence-corrected chi connectivity index (χ1v) is 7.21. The molecule has 0 saturated carbocycles. The molecule has 1 aliphatic rings. The molecule has 0 aliphatic carbocycles. The molecule has 100 valence electrons. The van der Waals surface area contributed by atoms with Crippen LogP contribution >= 0.6 is 0 Å². The molecule has 1 aliphatic heterocycles. The molecule has 1 N–H and O–H groups in total. The highest BCUT2D eigenvalue weighted by Gasteiger charge is 2.23. The molecule has 0 bridgehead atoms. The third-order valence-corrected chi connectivity index (χ3v) is 3.80. The Labute approximate surface area is 111 Å². The summed E-state index contributed by atoms with van der Waals surface area (Å²) in [6.45, 7) is 4.39. The third-order valence-electron chi connectivity index (χ3n) is 3.80. The Morgan fingerprint density at radius 2 is 2.33 bits per heavy atom. The Kier molecular flexibility index (Phi) is 5.00. The maximum Gasteiger partial charge on any atom is 0.0445 e. The molecule has 1 atom stereocenters. The Hall–Kier alpha value is -1.09. The number of anilines is 1. The molecule has 1 unspecified atom stereocenters. The highest BCUT2D eigenvalue weighted by molar-refractivity contribution is 5.53. The van der Waals surface area contributed by atoms with Crippen molar-refractivity contribution in [3.05, 3.63) is 24.0 Å². The smallest absolute Gasteiger partial charge is 0.0445 e. The number of rotatable bonds is 5. The van der Waals surface area contributed by atoms with Gasteiger partial charge in [0, 0.05) is 42.8 Å². The molecule has 2 rings (SSSR count). The fraction of sp³-hybridized carbons (Fsp3) is 0.667. The Bertz CT molecular complexity index is 363. The van der Waals surface area contributed by atoms with E-state index in [1.165, 1.54) is 49.9 Å². The summed E-state index contributed by atoms with van der Waals surface area (Å²) in [4.78, 5) is 6.88. The number of hydrogen-bond acceptors (Lipinski definition) is 3. The van der Waals surface area contributed by atoms with Crippen LogP contribution in [0.25, 0.3) is 0 Å². The SMILES string of the molecule is CCCC1CCCCN1c1ccncc1CNC. The highest BCUT2D eigenvalue weighted by atomic mass is 15.2. The third kappa shape index (κ3) is 3.02. The first-order chi connectivity index (χ1) is 8.86. The van der Waals surface area contributed by atoms with Gasteiger partial charge >= 0.3 is 0 Å². The van der Waals surface area contributed by atoms with E-state index in [4.69, 9.17) is 0 Å². The summed E-state index contributed by atoms with van der Waals surface area (Å²) in [5, 5.41) is 3.24. The van der Waals surface area contributed by atoms with Crippen molar-refractivity contribution in [3.63, 3.8) is 0 Å². The second-order valence-corrected chi connectivity index (χ2v) is 5.17. The minimum Gasteiger partial charge on any atom is -0.368 e. The standard InChI is InChI=1S/C15H25N3/c1-3-6-14-7-4-5-10-18(14)15-8-9-17-12-13(15)11-16-2/h8-9,12,14,16H,3-7,10-11H2,1-2H3. The molecular formula is C15H25N3. The lowest BCUT2D eigenvalue weighted by Gasteiger charge is -2.38. The molecule has 0 amide bonds. The van der Waals surface area contributed by atoms with Crippen molar-refractivity contribution in [2.75, 3.05) is 18.5 Å². The predicted octanol–water partition coefficient (Wildman–Crippen LogP) is 2.96. The van der Waals surface area contributed by atoms with Gasteiger partial charge in [-0.05, 0) is 38.8 Å². The average molecular weight is 247 g/mol. The predicted molar refractivity (Wildman–Crippen MR) is 76.9 cm³/mol. The van der Waals surface area contributed by atoms with Crippen LogP contribution in [0.1, 0.15) is 44.6 Å². The molecular weight excluding hydrogens is 222 g/mol. The number of pyridine rings is 1. The number of nitrogens with one attached hydrogen (secondary N) is 1. The van der Waals surface area contributed by atoms with E-state index in [0.717, 1.165) is 12.6 Å². The van der Waals surface area contributed by atoms with Gasteiger partial charge in [-0.3, -0.25) is 4.98 Å². The normalized spacial score (nSPS) is 20.1.